The molecule has 0 amide bonds. The van der Waals surface area contributed by atoms with Crippen molar-refractivity contribution in [2.75, 3.05) is 7.11 Å². The molecule has 96 valence electrons. The van der Waals surface area contributed by atoms with Crippen molar-refractivity contribution in [3.05, 3.63) is 40.6 Å². The predicted octanol–water partition coefficient (Wildman–Crippen LogP) is 2.37. The normalized spacial score (nSPS) is 11.0. The predicted molar refractivity (Wildman–Crippen MR) is 69.9 cm³/mol. The number of ether oxygens (including phenoxy) is 1. The van der Waals surface area contributed by atoms with Crippen LogP contribution in [0, 0.1) is 0 Å². The smallest absolute Gasteiger partial charge is 0.204 e. The fourth-order valence-corrected chi connectivity index (χ4v) is 2.08. The molecule has 19 heavy (non-hydrogen) atoms. The number of fused-ring (bicyclic) bond motifs is 2. The number of phenolic OH excluding ortho intramolecular Hbond substituents is 2. The van der Waals surface area contributed by atoms with Crippen LogP contribution in [0.1, 0.15) is 0 Å². The van der Waals surface area contributed by atoms with Gasteiger partial charge < -0.3 is 19.4 Å². The lowest BCUT2D eigenvalue weighted by Crippen LogP contribution is -2.03. The lowest BCUT2D eigenvalue weighted by Gasteiger charge is -2.07. The Balaban J connectivity index is 2.57. The second kappa shape index (κ2) is 3.91. The molecular formula is C14H10O5. The van der Waals surface area contributed by atoms with Crippen LogP contribution in [0.4, 0.5) is 0 Å². The van der Waals surface area contributed by atoms with Gasteiger partial charge in [0.05, 0.1) is 12.5 Å². The van der Waals surface area contributed by atoms with Gasteiger partial charge in [0, 0.05) is 18.2 Å². The van der Waals surface area contributed by atoms with E-state index in [1.54, 1.807) is 0 Å². The van der Waals surface area contributed by atoms with E-state index in [-0.39, 0.29) is 39.2 Å². The molecule has 0 spiro atoms. The molecule has 0 aliphatic rings. The van der Waals surface area contributed by atoms with Gasteiger partial charge in [-0.25, -0.2) is 0 Å². The third-order valence-electron chi connectivity index (χ3n) is 2.93. The molecule has 0 aliphatic carbocycles. The van der Waals surface area contributed by atoms with Crippen molar-refractivity contribution in [3.8, 4) is 17.2 Å². The number of aromatic hydroxyl groups is 2. The van der Waals surface area contributed by atoms with Crippen molar-refractivity contribution in [2.24, 2.45) is 0 Å². The first kappa shape index (κ1) is 11.4. The van der Waals surface area contributed by atoms with Gasteiger partial charge in [-0.15, -0.1) is 0 Å². The molecule has 0 bridgehead atoms. The van der Waals surface area contributed by atoms with E-state index < -0.39 is 0 Å². The summed E-state index contributed by atoms with van der Waals surface area (Å²) in [6, 6.07) is 6.95. The Kier molecular flexibility index (Phi) is 2.35. The highest BCUT2D eigenvalue weighted by molar-refractivity contribution is 5.94. The van der Waals surface area contributed by atoms with Gasteiger partial charge >= 0.3 is 0 Å². The summed E-state index contributed by atoms with van der Waals surface area (Å²) in [4.78, 5) is 12.4. The maximum atomic E-state index is 12.4. The van der Waals surface area contributed by atoms with Crippen molar-refractivity contribution < 1.29 is 19.4 Å². The van der Waals surface area contributed by atoms with Crippen LogP contribution in [0.15, 0.2) is 39.5 Å². The summed E-state index contributed by atoms with van der Waals surface area (Å²) in [6.07, 6.45) is 0. The van der Waals surface area contributed by atoms with E-state index in [2.05, 4.69) is 0 Å². The minimum Gasteiger partial charge on any atom is -0.508 e. The van der Waals surface area contributed by atoms with Gasteiger partial charge in [-0.3, -0.25) is 4.79 Å². The van der Waals surface area contributed by atoms with Crippen molar-refractivity contribution in [1.29, 1.82) is 0 Å². The topological polar surface area (TPSA) is 79.9 Å². The largest absolute Gasteiger partial charge is 0.508 e. The second-order valence-electron chi connectivity index (χ2n) is 4.13. The zero-order valence-corrected chi connectivity index (χ0v) is 10.0. The molecule has 0 unspecified atom stereocenters. The molecule has 0 saturated heterocycles. The van der Waals surface area contributed by atoms with Gasteiger partial charge in [-0.1, -0.05) is 0 Å². The average molecular weight is 258 g/mol. The number of hydrogen-bond donors (Lipinski definition) is 2. The zero-order chi connectivity index (χ0) is 13.6. The van der Waals surface area contributed by atoms with Gasteiger partial charge in [-0.2, -0.15) is 0 Å². The Bertz CT molecular complexity index is 848. The highest BCUT2D eigenvalue weighted by atomic mass is 16.5. The molecule has 3 rings (SSSR count). The highest BCUT2D eigenvalue weighted by Gasteiger charge is 2.14. The molecule has 0 aliphatic heterocycles. The minimum atomic E-state index is -0.270. The standard InChI is InChI=1S/C14H10O5/c1-18-11-5-8(16)6-12-13(11)14(17)9-3-2-7(15)4-10(9)19-12/h2-6,15-16H,1H3. The van der Waals surface area contributed by atoms with Crippen LogP contribution >= 0.6 is 0 Å². The lowest BCUT2D eigenvalue weighted by molar-refractivity contribution is 0.411. The number of benzene rings is 2. The summed E-state index contributed by atoms with van der Waals surface area (Å²) in [5.41, 5.74) is 0.193. The molecular weight excluding hydrogens is 248 g/mol. The Morgan fingerprint density at radius 1 is 1.05 bits per heavy atom. The second-order valence-corrected chi connectivity index (χ2v) is 4.13. The van der Waals surface area contributed by atoms with Crippen LogP contribution in [0.3, 0.4) is 0 Å². The van der Waals surface area contributed by atoms with Gasteiger partial charge in [0.15, 0.2) is 0 Å². The first-order valence-electron chi connectivity index (χ1n) is 5.56. The fraction of sp³-hybridized carbons (Fsp3) is 0.0714. The van der Waals surface area contributed by atoms with Crippen LogP contribution in [0.25, 0.3) is 21.9 Å². The molecule has 2 aromatic carbocycles. The van der Waals surface area contributed by atoms with E-state index in [0.29, 0.717) is 5.39 Å². The van der Waals surface area contributed by atoms with Crippen LogP contribution < -0.4 is 10.2 Å². The van der Waals surface area contributed by atoms with E-state index in [4.69, 9.17) is 9.15 Å². The van der Waals surface area contributed by atoms with Crippen LogP contribution in [0.2, 0.25) is 0 Å². The number of methoxy groups -OCH3 is 1. The lowest BCUT2D eigenvalue weighted by atomic mass is 10.1. The molecule has 0 atom stereocenters. The first-order valence-corrected chi connectivity index (χ1v) is 5.56. The van der Waals surface area contributed by atoms with Crippen LogP contribution in [-0.2, 0) is 0 Å². The Morgan fingerprint density at radius 3 is 2.53 bits per heavy atom. The molecule has 2 N–H and O–H groups in total. The molecule has 1 aromatic heterocycles. The summed E-state index contributed by atoms with van der Waals surface area (Å²) >= 11 is 0. The maximum Gasteiger partial charge on any atom is 0.204 e. The molecule has 1 heterocycles. The SMILES string of the molecule is COc1cc(O)cc2oc3cc(O)ccc3c(=O)c12. The van der Waals surface area contributed by atoms with Crippen molar-refractivity contribution >= 4 is 21.9 Å². The van der Waals surface area contributed by atoms with Gasteiger partial charge in [0.2, 0.25) is 5.43 Å². The summed E-state index contributed by atoms with van der Waals surface area (Å²) in [6.45, 7) is 0. The molecule has 0 radical (unpaired) electrons. The van der Waals surface area contributed by atoms with E-state index >= 15 is 0 Å². The minimum absolute atomic E-state index is 0.00196. The highest BCUT2D eigenvalue weighted by Crippen LogP contribution is 2.31. The van der Waals surface area contributed by atoms with Crippen molar-refractivity contribution in [3.63, 3.8) is 0 Å². The number of phenols is 2. The molecule has 0 saturated carbocycles. The summed E-state index contributed by atoms with van der Waals surface area (Å²) < 4.78 is 10.6. The summed E-state index contributed by atoms with van der Waals surface area (Å²) in [7, 11) is 1.41. The Labute approximate surface area is 107 Å². The van der Waals surface area contributed by atoms with Gasteiger partial charge in [-0.05, 0) is 12.1 Å². The Morgan fingerprint density at radius 2 is 1.79 bits per heavy atom. The average Bonchev–Trinajstić information content (AvgIpc) is 2.37. The van der Waals surface area contributed by atoms with Gasteiger partial charge in [0.1, 0.15) is 33.8 Å². The first-order chi connectivity index (χ1) is 9.10. The fourth-order valence-electron chi connectivity index (χ4n) is 2.08. The zero-order valence-electron chi connectivity index (χ0n) is 10.0. The molecule has 0 fully saturated rings. The van der Waals surface area contributed by atoms with Crippen LogP contribution in [-0.4, -0.2) is 17.3 Å². The molecule has 3 aromatic rings. The van der Waals surface area contributed by atoms with Crippen molar-refractivity contribution in [2.45, 2.75) is 0 Å². The van der Waals surface area contributed by atoms with Crippen LogP contribution in [0.5, 0.6) is 17.2 Å². The van der Waals surface area contributed by atoms with E-state index in [9.17, 15) is 15.0 Å². The van der Waals surface area contributed by atoms with E-state index in [1.807, 2.05) is 0 Å². The third kappa shape index (κ3) is 1.67. The monoisotopic (exact) mass is 258 g/mol. The third-order valence-corrected chi connectivity index (χ3v) is 2.93. The molecule has 5 heteroatoms. The number of rotatable bonds is 1. The van der Waals surface area contributed by atoms with Gasteiger partial charge in [0.25, 0.3) is 0 Å². The summed E-state index contributed by atoms with van der Waals surface area (Å²) in [5.74, 6) is 0.188. The van der Waals surface area contributed by atoms with E-state index in [0.717, 1.165) is 0 Å². The number of hydrogen-bond acceptors (Lipinski definition) is 5. The Hall–Kier alpha value is -2.69. The van der Waals surface area contributed by atoms with Crippen molar-refractivity contribution in [1.82, 2.24) is 0 Å². The van der Waals surface area contributed by atoms with E-state index in [1.165, 1.54) is 37.4 Å². The maximum absolute atomic E-state index is 12.4. The summed E-state index contributed by atoms with van der Waals surface area (Å²) in [5, 5.41) is 19.6. The quantitative estimate of drug-likeness (QED) is 0.655. The molecule has 5 nitrogen and oxygen atoms in total.